The molecule has 2 unspecified atom stereocenters. The Balaban J connectivity index is 4.55. The smallest absolute Gasteiger partial charge is 0.324 e. The average Bonchev–Trinajstić information content (AvgIpc) is 2.38. The monoisotopic (exact) mass is 306 g/mol. The van der Waals surface area contributed by atoms with Gasteiger partial charge in [-0.1, -0.05) is 72.1 Å². The van der Waals surface area contributed by atoms with E-state index in [4.69, 9.17) is 0 Å². The zero-order chi connectivity index (χ0) is 15.6. The van der Waals surface area contributed by atoms with E-state index < -0.39 is 12.8 Å². The minimum absolute atomic E-state index is 0.446. The highest BCUT2D eigenvalue weighted by molar-refractivity contribution is 7.53. The zero-order valence-electron chi connectivity index (χ0n) is 13.9. The van der Waals surface area contributed by atoms with Crippen molar-refractivity contribution in [3.05, 3.63) is 0 Å². The Bertz CT molecular complexity index is 287. The van der Waals surface area contributed by atoms with Gasteiger partial charge in [0.25, 0.3) is 0 Å². The molecule has 2 N–H and O–H groups in total. The van der Waals surface area contributed by atoms with Crippen molar-refractivity contribution in [2.24, 2.45) is 5.92 Å². The Morgan fingerprint density at radius 2 is 1.60 bits per heavy atom. The summed E-state index contributed by atoms with van der Waals surface area (Å²) in [5.74, 6) is 0.446. The van der Waals surface area contributed by atoms with Crippen LogP contribution in [0, 0.1) is 5.92 Å². The number of hydrogen-bond donors (Lipinski definition) is 2. The van der Waals surface area contributed by atoms with E-state index in [2.05, 4.69) is 20.8 Å². The normalized spacial score (nSPS) is 16.9. The van der Waals surface area contributed by atoms with Crippen molar-refractivity contribution < 1.29 is 14.4 Å². The van der Waals surface area contributed by atoms with E-state index in [1.54, 1.807) is 6.92 Å². The molecule has 0 bridgehead atoms. The predicted molar refractivity (Wildman–Crippen MR) is 87.1 cm³/mol. The molecule has 0 aromatic rings. The van der Waals surface area contributed by atoms with Gasteiger partial charge >= 0.3 is 7.60 Å². The molecule has 0 aliphatic heterocycles. The third-order valence-corrected chi connectivity index (χ3v) is 6.36. The van der Waals surface area contributed by atoms with E-state index in [9.17, 15) is 14.4 Å². The quantitative estimate of drug-likeness (QED) is 0.370. The van der Waals surface area contributed by atoms with Crippen molar-refractivity contribution in [3.63, 3.8) is 0 Å². The van der Waals surface area contributed by atoms with Gasteiger partial charge in [-0.15, -0.1) is 0 Å². The van der Waals surface area contributed by atoms with Gasteiger partial charge in [-0.05, 0) is 25.7 Å². The predicted octanol–water partition coefficient (Wildman–Crippen LogP) is 5.50. The summed E-state index contributed by atoms with van der Waals surface area (Å²) < 4.78 is 11.9. The lowest BCUT2D eigenvalue weighted by Crippen LogP contribution is -2.28. The molecule has 0 radical (unpaired) electrons. The molecular weight excluding hydrogens is 271 g/mol. The molecule has 0 saturated carbocycles. The van der Waals surface area contributed by atoms with Crippen LogP contribution < -0.4 is 0 Å². The van der Waals surface area contributed by atoms with E-state index >= 15 is 0 Å². The van der Waals surface area contributed by atoms with Crippen LogP contribution in [0.1, 0.15) is 91.9 Å². The highest BCUT2D eigenvalue weighted by Crippen LogP contribution is 2.56. The van der Waals surface area contributed by atoms with Crippen molar-refractivity contribution in [2.45, 2.75) is 97.1 Å². The molecule has 0 amide bonds. The maximum Gasteiger partial charge on any atom is 0.331 e. The molecule has 0 aliphatic rings. The van der Waals surface area contributed by atoms with Crippen molar-refractivity contribution in [1.29, 1.82) is 0 Å². The van der Waals surface area contributed by atoms with Crippen LogP contribution in [0.25, 0.3) is 0 Å². The average molecular weight is 306 g/mol. The number of hydrogen-bond acceptors (Lipinski definition) is 1. The molecule has 20 heavy (non-hydrogen) atoms. The van der Waals surface area contributed by atoms with Gasteiger partial charge in [0, 0.05) is 0 Å². The van der Waals surface area contributed by atoms with E-state index in [0.717, 1.165) is 25.7 Å². The first-order chi connectivity index (χ1) is 9.30. The number of unbranched alkanes of at least 4 members (excludes halogenated alkanes) is 4. The molecule has 0 saturated heterocycles. The Hall–Kier alpha value is 0.150. The van der Waals surface area contributed by atoms with Crippen LogP contribution in [0.15, 0.2) is 0 Å². The minimum Gasteiger partial charge on any atom is -0.324 e. The first kappa shape index (κ1) is 20.1. The largest absolute Gasteiger partial charge is 0.331 e. The molecule has 0 fully saturated rings. The molecule has 0 aromatic heterocycles. The second-order valence-electron chi connectivity index (χ2n) is 6.47. The van der Waals surface area contributed by atoms with Crippen LogP contribution in [0.5, 0.6) is 0 Å². The van der Waals surface area contributed by atoms with Gasteiger partial charge in [0.2, 0.25) is 0 Å². The second-order valence-corrected chi connectivity index (χ2v) is 8.64. The molecule has 0 spiro atoms. The van der Waals surface area contributed by atoms with E-state index in [0.29, 0.717) is 18.8 Å². The number of rotatable bonds is 12. The minimum atomic E-state index is -4.03. The summed E-state index contributed by atoms with van der Waals surface area (Å²) in [6, 6.07) is 0. The summed E-state index contributed by atoms with van der Waals surface area (Å²) in [5.41, 5.74) is 0. The van der Waals surface area contributed by atoms with Crippen molar-refractivity contribution in [2.75, 3.05) is 0 Å². The summed E-state index contributed by atoms with van der Waals surface area (Å²) in [7, 11) is -4.03. The van der Waals surface area contributed by atoms with Crippen LogP contribution in [0.3, 0.4) is 0 Å². The SMILES string of the molecule is CCCCCCC(CC)CC(C)(CCCC)P(=O)(O)O. The Kier molecular flexibility index (Phi) is 10.0. The van der Waals surface area contributed by atoms with Gasteiger partial charge in [-0.25, -0.2) is 0 Å². The van der Waals surface area contributed by atoms with E-state index in [-0.39, 0.29) is 0 Å². The standard InChI is InChI=1S/C16H35O3P/c1-5-8-10-11-12-15(7-3)14-16(4,13-9-6-2)20(17,18)19/h15H,5-14H2,1-4H3,(H2,17,18,19). The van der Waals surface area contributed by atoms with Gasteiger partial charge in [-0.3, -0.25) is 4.57 Å². The van der Waals surface area contributed by atoms with Gasteiger partial charge in [0.05, 0.1) is 5.16 Å². The van der Waals surface area contributed by atoms with Gasteiger partial charge in [0.1, 0.15) is 0 Å². The summed E-state index contributed by atoms with van der Waals surface area (Å²) in [6.07, 6.45) is 10.3. The molecule has 0 heterocycles. The lowest BCUT2D eigenvalue weighted by molar-refractivity contribution is 0.276. The van der Waals surface area contributed by atoms with Crippen LogP contribution in [-0.2, 0) is 4.57 Å². The van der Waals surface area contributed by atoms with Gasteiger partial charge < -0.3 is 9.79 Å². The summed E-state index contributed by atoms with van der Waals surface area (Å²) in [5, 5.41) is -0.825. The summed E-state index contributed by atoms with van der Waals surface area (Å²) >= 11 is 0. The fraction of sp³-hybridized carbons (Fsp3) is 1.00. The molecule has 0 rings (SSSR count). The second kappa shape index (κ2) is 9.97. The Morgan fingerprint density at radius 3 is 2.05 bits per heavy atom. The fourth-order valence-electron chi connectivity index (χ4n) is 2.86. The van der Waals surface area contributed by atoms with Crippen LogP contribution in [-0.4, -0.2) is 14.9 Å². The van der Waals surface area contributed by atoms with Crippen molar-refractivity contribution in [1.82, 2.24) is 0 Å². The van der Waals surface area contributed by atoms with Crippen LogP contribution in [0.2, 0.25) is 0 Å². The fourth-order valence-corrected chi connectivity index (χ4v) is 3.80. The van der Waals surface area contributed by atoms with E-state index in [1.165, 1.54) is 25.7 Å². The maximum absolute atomic E-state index is 11.9. The Morgan fingerprint density at radius 1 is 1.00 bits per heavy atom. The molecule has 4 heteroatoms. The third kappa shape index (κ3) is 7.24. The van der Waals surface area contributed by atoms with Gasteiger partial charge in [0.15, 0.2) is 0 Å². The molecular formula is C16H35O3P. The lowest BCUT2D eigenvalue weighted by Gasteiger charge is -2.34. The van der Waals surface area contributed by atoms with Crippen molar-refractivity contribution in [3.8, 4) is 0 Å². The third-order valence-electron chi connectivity index (χ3n) is 4.54. The van der Waals surface area contributed by atoms with Crippen LogP contribution >= 0.6 is 7.60 Å². The maximum atomic E-state index is 11.9. The van der Waals surface area contributed by atoms with Crippen molar-refractivity contribution >= 4 is 7.60 Å². The first-order valence-electron chi connectivity index (χ1n) is 8.36. The lowest BCUT2D eigenvalue weighted by atomic mass is 9.86. The van der Waals surface area contributed by atoms with Gasteiger partial charge in [-0.2, -0.15) is 0 Å². The highest BCUT2D eigenvalue weighted by Gasteiger charge is 2.42. The molecule has 2 atom stereocenters. The molecule has 122 valence electrons. The van der Waals surface area contributed by atoms with Crippen LogP contribution in [0.4, 0.5) is 0 Å². The summed E-state index contributed by atoms with van der Waals surface area (Å²) in [6.45, 7) is 8.21. The summed E-state index contributed by atoms with van der Waals surface area (Å²) in [4.78, 5) is 19.5. The topological polar surface area (TPSA) is 57.5 Å². The first-order valence-corrected chi connectivity index (χ1v) is 9.97. The Labute approximate surface area is 125 Å². The van der Waals surface area contributed by atoms with E-state index in [1.807, 2.05) is 0 Å². The highest BCUT2D eigenvalue weighted by atomic mass is 31.2. The zero-order valence-corrected chi connectivity index (χ0v) is 14.8. The molecule has 0 aliphatic carbocycles. The molecule has 3 nitrogen and oxygen atoms in total. The molecule has 0 aromatic carbocycles.